The summed E-state index contributed by atoms with van der Waals surface area (Å²) in [6.07, 6.45) is 5.00. The maximum Gasteiger partial charge on any atom is 0.308 e. The van der Waals surface area contributed by atoms with E-state index >= 15 is 0 Å². The van der Waals surface area contributed by atoms with Gasteiger partial charge in [-0.25, -0.2) is 8.42 Å². The Bertz CT molecular complexity index is 763. The largest absolute Gasteiger partial charge is 0.456 e. The number of likely N-dealkylation sites (tertiary alicyclic amines) is 1. The lowest BCUT2D eigenvalue weighted by Gasteiger charge is -2.14. The zero-order chi connectivity index (χ0) is 19.6. The van der Waals surface area contributed by atoms with Crippen LogP contribution in [0, 0.1) is 11.8 Å². The van der Waals surface area contributed by atoms with E-state index in [1.165, 1.54) is 0 Å². The fourth-order valence-corrected chi connectivity index (χ4v) is 5.36. The number of rotatable bonds is 6. The number of fused-ring (bicyclic) bond motifs is 1. The molecule has 0 spiro atoms. The molecule has 0 aromatic rings. The highest BCUT2D eigenvalue weighted by Crippen LogP contribution is 2.34. The summed E-state index contributed by atoms with van der Waals surface area (Å²) in [5.41, 5.74) is 0. The van der Waals surface area contributed by atoms with Gasteiger partial charge in [0.15, 0.2) is 16.4 Å². The lowest BCUT2D eigenvalue weighted by molar-refractivity contribution is -0.150. The lowest BCUT2D eigenvalue weighted by Crippen LogP contribution is -2.38. The molecule has 3 atom stereocenters. The molecule has 3 aliphatic rings. The van der Waals surface area contributed by atoms with E-state index in [9.17, 15) is 27.6 Å². The van der Waals surface area contributed by atoms with Crippen LogP contribution in [0.15, 0.2) is 12.2 Å². The molecule has 3 amide bonds. The topological polar surface area (TPSA) is 127 Å². The van der Waals surface area contributed by atoms with Crippen LogP contribution in [0.25, 0.3) is 0 Å². The maximum atomic E-state index is 12.3. The van der Waals surface area contributed by atoms with Crippen molar-refractivity contribution in [1.29, 1.82) is 0 Å². The van der Waals surface area contributed by atoms with Crippen LogP contribution in [0.2, 0.25) is 0 Å². The van der Waals surface area contributed by atoms with Crippen LogP contribution in [0.4, 0.5) is 0 Å². The summed E-state index contributed by atoms with van der Waals surface area (Å²) in [7, 11) is -3.11. The molecular weight excluding hydrogens is 376 g/mol. The van der Waals surface area contributed by atoms with E-state index in [0.717, 1.165) is 4.90 Å². The zero-order valence-electron chi connectivity index (χ0n) is 14.8. The molecule has 0 bridgehead atoms. The second-order valence-corrected chi connectivity index (χ2v) is 9.29. The van der Waals surface area contributed by atoms with Gasteiger partial charge in [-0.1, -0.05) is 12.2 Å². The Morgan fingerprint density at radius 2 is 1.78 bits per heavy atom. The van der Waals surface area contributed by atoms with E-state index < -0.39 is 34.4 Å². The highest BCUT2D eigenvalue weighted by atomic mass is 32.2. The van der Waals surface area contributed by atoms with Gasteiger partial charge in [-0.05, 0) is 19.3 Å². The fourth-order valence-electron chi connectivity index (χ4n) is 3.69. The van der Waals surface area contributed by atoms with E-state index in [-0.39, 0.29) is 48.1 Å². The van der Waals surface area contributed by atoms with Gasteiger partial charge in [0, 0.05) is 12.6 Å². The van der Waals surface area contributed by atoms with Gasteiger partial charge in [-0.3, -0.25) is 24.1 Å². The Labute approximate surface area is 157 Å². The number of allylic oxidation sites excluding steroid dienone is 2. The number of imide groups is 1. The monoisotopic (exact) mass is 398 g/mol. The number of carbonyl (C=O) groups excluding carboxylic acids is 4. The minimum atomic E-state index is -3.11. The van der Waals surface area contributed by atoms with Gasteiger partial charge in [0.2, 0.25) is 11.8 Å². The number of nitrogens with zero attached hydrogens (tertiary/aromatic N) is 1. The molecule has 0 radical (unpaired) electrons. The molecule has 2 saturated heterocycles. The van der Waals surface area contributed by atoms with Crippen molar-refractivity contribution in [2.75, 3.05) is 24.7 Å². The van der Waals surface area contributed by atoms with Crippen LogP contribution in [-0.2, 0) is 33.8 Å². The van der Waals surface area contributed by atoms with Crippen molar-refractivity contribution in [1.82, 2.24) is 10.2 Å². The Balaban J connectivity index is 1.39. The van der Waals surface area contributed by atoms with Crippen LogP contribution < -0.4 is 5.32 Å². The van der Waals surface area contributed by atoms with Gasteiger partial charge in [0.05, 0.1) is 29.8 Å². The first kappa shape index (κ1) is 19.5. The smallest absolute Gasteiger partial charge is 0.308 e. The van der Waals surface area contributed by atoms with Gasteiger partial charge in [-0.15, -0.1) is 0 Å². The van der Waals surface area contributed by atoms with Crippen molar-refractivity contribution in [2.45, 2.75) is 31.7 Å². The van der Waals surface area contributed by atoms with Crippen molar-refractivity contribution in [3.8, 4) is 0 Å². The van der Waals surface area contributed by atoms with E-state index in [4.69, 9.17) is 4.74 Å². The van der Waals surface area contributed by atoms with Gasteiger partial charge in [0.25, 0.3) is 5.91 Å². The normalized spacial score (nSPS) is 28.9. The Hall–Kier alpha value is -2.23. The lowest BCUT2D eigenvalue weighted by atomic mass is 9.85. The van der Waals surface area contributed by atoms with Gasteiger partial charge in [-0.2, -0.15) is 0 Å². The van der Waals surface area contributed by atoms with E-state index in [1.807, 2.05) is 12.2 Å². The van der Waals surface area contributed by atoms with E-state index in [0.29, 0.717) is 19.3 Å². The summed E-state index contributed by atoms with van der Waals surface area (Å²) >= 11 is 0. The van der Waals surface area contributed by atoms with Crippen molar-refractivity contribution < 1.29 is 32.3 Å². The fraction of sp³-hybridized carbons (Fsp3) is 0.647. The summed E-state index contributed by atoms with van der Waals surface area (Å²) in [5.74, 6) is -2.55. The number of esters is 1. The molecule has 2 fully saturated rings. The molecule has 10 heteroatoms. The standard InChI is InChI=1S/C17H22N2O7S/c20-14(18-11-6-8-27(24,25)10-11)9-26-15(21)5-7-19-16(22)12-3-1-2-4-13(12)17(19)23/h1-2,11-13H,3-10H2,(H,18,20)/t11-,12-,13+/m0/s1. The molecule has 1 aliphatic carbocycles. The second kappa shape index (κ2) is 7.79. The molecule has 3 rings (SSSR count). The van der Waals surface area contributed by atoms with Crippen LogP contribution >= 0.6 is 0 Å². The van der Waals surface area contributed by atoms with Crippen molar-refractivity contribution >= 4 is 33.5 Å². The predicted molar refractivity (Wildman–Crippen MR) is 92.9 cm³/mol. The van der Waals surface area contributed by atoms with Crippen LogP contribution in [0.1, 0.15) is 25.7 Å². The summed E-state index contributed by atoms with van der Waals surface area (Å²) in [6, 6.07) is -0.460. The number of hydrogen-bond donors (Lipinski definition) is 1. The average molecular weight is 398 g/mol. The third-order valence-corrected chi connectivity index (χ3v) is 6.87. The minimum absolute atomic E-state index is 0.0349. The molecule has 0 aromatic heterocycles. The van der Waals surface area contributed by atoms with Crippen LogP contribution in [-0.4, -0.2) is 67.7 Å². The number of sulfone groups is 1. The zero-order valence-corrected chi connectivity index (χ0v) is 15.6. The Kier molecular flexibility index (Phi) is 5.64. The van der Waals surface area contributed by atoms with Crippen LogP contribution in [0.3, 0.4) is 0 Å². The SMILES string of the molecule is O=C(COC(=O)CCN1C(=O)[C@H]2CC=CC[C@H]2C1=O)N[C@H]1CCS(=O)(=O)C1. The predicted octanol–water partition coefficient (Wildman–Crippen LogP) is -0.826. The molecule has 0 saturated carbocycles. The number of nitrogens with one attached hydrogen (secondary N) is 1. The molecule has 0 aromatic carbocycles. The van der Waals surface area contributed by atoms with E-state index in [1.54, 1.807) is 0 Å². The summed E-state index contributed by atoms with van der Waals surface area (Å²) in [4.78, 5) is 49.2. The minimum Gasteiger partial charge on any atom is -0.456 e. The van der Waals surface area contributed by atoms with Crippen molar-refractivity contribution in [3.05, 3.63) is 12.2 Å². The van der Waals surface area contributed by atoms with Crippen molar-refractivity contribution in [2.24, 2.45) is 11.8 Å². The van der Waals surface area contributed by atoms with Gasteiger partial charge < -0.3 is 10.1 Å². The number of carbonyl (C=O) groups is 4. The number of ether oxygens (including phenoxy) is 1. The van der Waals surface area contributed by atoms with Crippen LogP contribution in [0.5, 0.6) is 0 Å². The van der Waals surface area contributed by atoms with Crippen molar-refractivity contribution in [3.63, 3.8) is 0 Å². The molecule has 1 N–H and O–H groups in total. The molecule has 2 aliphatic heterocycles. The first-order chi connectivity index (χ1) is 12.8. The highest BCUT2D eigenvalue weighted by Gasteiger charge is 2.46. The second-order valence-electron chi connectivity index (χ2n) is 7.06. The Morgan fingerprint density at radius 1 is 1.15 bits per heavy atom. The van der Waals surface area contributed by atoms with Gasteiger partial charge in [0.1, 0.15) is 0 Å². The summed E-state index contributed by atoms with van der Waals surface area (Å²) < 4.78 is 27.5. The number of hydrogen-bond acceptors (Lipinski definition) is 7. The van der Waals surface area contributed by atoms with Gasteiger partial charge >= 0.3 is 5.97 Å². The van der Waals surface area contributed by atoms with E-state index in [2.05, 4.69) is 5.32 Å². The maximum absolute atomic E-state index is 12.3. The average Bonchev–Trinajstić information content (AvgIpc) is 3.09. The third-order valence-electron chi connectivity index (χ3n) is 5.10. The number of amides is 3. The quantitative estimate of drug-likeness (QED) is 0.352. The Morgan fingerprint density at radius 3 is 2.33 bits per heavy atom. The summed E-state index contributed by atoms with van der Waals surface area (Å²) in [6.45, 7) is -0.585. The molecule has 27 heavy (non-hydrogen) atoms. The molecule has 2 heterocycles. The molecule has 9 nitrogen and oxygen atoms in total. The molecule has 0 unspecified atom stereocenters. The highest BCUT2D eigenvalue weighted by molar-refractivity contribution is 7.91. The third kappa shape index (κ3) is 4.55. The molecule has 148 valence electrons. The molecular formula is C17H22N2O7S. The first-order valence-corrected chi connectivity index (χ1v) is 10.7. The first-order valence-electron chi connectivity index (χ1n) is 8.92. The summed E-state index contributed by atoms with van der Waals surface area (Å²) in [5, 5.41) is 2.51.